The molecule has 1 N–H and O–H groups in total. The van der Waals surface area contributed by atoms with E-state index in [4.69, 9.17) is 18.9 Å². The minimum absolute atomic E-state index is 0.0662. The molecule has 0 unspecified atom stereocenters. The van der Waals surface area contributed by atoms with Crippen LogP contribution in [0.4, 0.5) is 5.13 Å². The SMILES string of the molecule is CCOc1ccc(Cc2nnc(NC(=O)/C(C#N)=C\c3ccc4c(c3)OCO4)s2)cc1OCC. The lowest BCUT2D eigenvalue weighted by atomic mass is 10.1. The zero-order valence-electron chi connectivity index (χ0n) is 18.7. The molecule has 0 fully saturated rings. The van der Waals surface area contributed by atoms with E-state index in [1.54, 1.807) is 18.2 Å². The Morgan fingerprint density at radius 1 is 1.12 bits per heavy atom. The summed E-state index contributed by atoms with van der Waals surface area (Å²) < 4.78 is 21.9. The molecular weight excluding hydrogens is 456 g/mol. The maximum Gasteiger partial charge on any atom is 0.268 e. The van der Waals surface area contributed by atoms with Crippen molar-refractivity contribution in [3.05, 3.63) is 58.1 Å². The van der Waals surface area contributed by atoms with E-state index in [0.717, 1.165) is 5.56 Å². The molecular formula is C24H22N4O5S. The molecule has 1 aromatic heterocycles. The van der Waals surface area contributed by atoms with Crippen LogP contribution >= 0.6 is 11.3 Å². The first-order valence-corrected chi connectivity index (χ1v) is 11.4. The molecule has 2 aromatic carbocycles. The minimum atomic E-state index is -0.567. The summed E-state index contributed by atoms with van der Waals surface area (Å²) in [6, 6.07) is 12.8. The first-order valence-electron chi connectivity index (χ1n) is 10.6. The van der Waals surface area contributed by atoms with Crippen LogP contribution in [0.25, 0.3) is 6.08 Å². The first-order chi connectivity index (χ1) is 16.6. The molecule has 0 saturated heterocycles. The molecule has 174 valence electrons. The van der Waals surface area contributed by atoms with Crippen LogP contribution in [0.15, 0.2) is 42.0 Å². The van der Waals surface area contributed by atoms with Gasteiger partial charge in [0.2, 0.25) is 11.9 Å². The molecule has 3 aromatic rings. The first kappa shape index (κ1) is 23.1. The third-order valence-corrected chi connectivity index (χ3v) is 5.56. The van der Waals surface area contributed by atoms with Crippen molar-refractivity contribution in [2.75, 3.05) is 25.3 Å². The van der Waals surface area contributed by atoms with E-state index in [0.29, 0.717) is 58.3 Å². The Bertz CT molecular complexity index is 1260. The highest BCUT2D eigenvalue weighted by molar-refractivity contribution is 7.15. The summed E-state index contributed by atoms with van der Waals surface area (Å²) in [7, 11) is 0. The Morgan fingerprint density at radius 2 is 1.91 bits per heavy atom. The van der Waals surface area contributed by atoms with Crippen LogP contribution in [0.1, 0.15) is 30.0 Å². The van der Waals surface area contributed by atoms with Gasteiger partial charge in [-0.3, -0.25) is 10.1 Å². The van der Waals surface area contributed by atoms with Crippen LogP contribution in [0.2, 0.25) is 0 Å². The van der Waals surface area contributed by atoms with E-state index in [9.17, 15) is 10.1 Å². The number of rotatable bonds is 9. The number of amides is 1. The highest BCUT2D eigenvalue weighted by atomic mass is 32.1. The van der Waals surface area contributed by atoms with Gasteiger partial charge in [-0.25, -0.2) is 0 Å². The molecule has 0 bridgehead atoms. The van der Waals surface area contributed by atoms with Gasteiger partial charge in [-0.15, -0.1) is 10.2 Å². The third-order valence-electron chi connectivity index (χ3n) is 4.72. The summed E-state index contributed by atoms with van der Waals surface area (Å²) in [6.45, 7) is 5.06. The van der Waals surface area contributed by atoms with Crippen molar-refractivity contribution >= 4 is 28.5 Å². The second kappa shape index (κ2) is 10.7. The van der Waals surface area contributed by atoms with Gasteiger partial charge in [0.05, 0.1) is 13.2 Å². The fourth-order valence-electron chi connectivity index (χ4n) is 3.24. The monoisotopic (exact) mass is 478 g/mol. The molecule has 1 aliphatic rings. The summed E-state index contributed by atoms with van der Waals surface area (Å²) in [5, 5.41) is 21.3. The average Bonchev–Trinajstić information content (AvgIpc) is 3.48. The molecule has 0 aliphatic carbocycles. The second-order valence-corrected chi connectivity index (χ2v) is 8.12. The Kier molecular flexibility index (Phi) is 7.25. The van der Waals surface area contributed by atoms with Gasteiger partial charge in [-0.2, -0.15) is 5.26 Å². The van der Waals surface area contributed by atoms with Gasteiger partial charge in [0.15, 0.2) is 23.0 Å². The average molecular weight is 479 g/mol. The van der Waals surface area contributed by atoms with Gasteiger partial charge in [0.1, 0.15) is 16.6 Å². The number of hydrogen-bond donors (Lipinski definition) is 1. The highest BCUT2D eigenvalue weighted by Crippen LogP contribution is 2.33. The standard InChI is InChI=1S/C24H22N4O5S/c1-3-30-18-7-6-16(11-20(18)31-4-2)12-22-27-28-24(34-22)26-23(29)17(13-25)9-15-5-8-19-21(10-15)33-14-32-19/h5-11H,3-4,12,14H2,1-2H3,(H,26,28,29)/b17-9-. The maximum atomic E-state index is 12.6. The number of ether oxygens (including phenoxy) is 4. The molecule has 1 aliphatic heterocycles. The number of fused-ring (bicyclic) bond motifs is 1. The predicted molar refractivity (Wildman–Crippen MR) is 126 cm³/mol. The van der Waals surface area contributed by atoms with Gasteiger partial charge in [0, 0.05) is 6.42 Å². The normalized spacial score (nSPS) is 12.2. The Labute approximate surface area is 200 Å². The number of carbonyl (C=O) groups excluding carboxylic acids is 1. The predicted octanol–water partition coefficient (Wildman–Crippen LogP) is 4.20. The molecule has 1 amide bonds. The van der Waals surface area contributed by atoms with Crippen LogP contribution < -0.4 is 24.3 Å². The van der Waals surface area contributed by atoms with Crippen molar-refractivity contribution in [3.8, 4) is 29.1 Å². The maximum absolute atomic E-state index is 12.6. The van der Waals surface area contributed by atoms with Gasteiger partial charge in [-0.05, 0) is 55.3 Å². The molecule has 0 saturated carbocycles. The Morgan fingerprint density at radius 3 is 2.71 bits per heavy atom. The molecule has 0 spiro atoms. The van der Waals surface area contributed by atoms with E-state index in [1.807, 2.05) is 38.1 Å². The highest BCUT2D eigenvalue weighted by Gasteiger charge is 2.16. The van der Waals surface area contributed by atoms with Gasteiger partial charge >= 0.3 is 0 Å². The van der Waals surface area contributed by atoms with Crippen molar-refractivity contribution in [1.29, 1.82) is 5.26 Å². The summed E-state index contributed by atoms with van der Waals surface area (Å²) in [6.07, 6.45) is 1.99. The Balaban J connectivity index is 1.43. The Hall–Kier alpha value is -4.10. The number of benzene rings is 2. The summed E-state index contributed by atoms with van der Waals surface area (Å²) in [5.74, 6) is 2.00. The van der Waals surface area contributed by atoms with E-state index in [2.05, 4.69) is 15.5 Å². The molecule has 0 radical (unpaired) electrons. The molecule has 9 nitrogen and oxygen atoms in total. The van der Waals surface area contributed by atoms with Crippen molar-refractivity contribution in [2.24, 2.45) is 0 Å². The number of nitrogens with zero attached hydrogens (tertiary/aromatic N) is 3. The van der Waals surface area contributed by atoms with E-state index < -0.39 is 5.91 Å². The molecule has 4 rings (SSSR count). The summed E-state index contributed by atoms with van der Waals surface area (Å²) in [4.78, 5) is 12.6. The number of hydrogen-bond acceptors (Lipinski definition) is 9. The third kappa shape index (κ3) is 5.44. The van der Waals surface area contributed by atoms with E-state index in [-0.39, 0.29) is 12.4 Å². The minimum Gasteiger partial charge on any atom is -0.490 e. The quantitative estimate of drug-likeness (QED) is 0.359. The number of nitriles is 1. The van der Waals surface area contributed by atoms with Crippen LogP contribution in [0.5, 0.6) is 23.0 Å². The van der Waals surface area contributed by atoms with Crippen molar-refractivity contribution < 1.29 is 23.7 Å². The molecule has 0 atom stereocenters. The number of carbonyl (C=O) groups is 1. The summed E-state index contributed by atoms with van der Waals surface area (Å²) in [5.41, 5.74) is 1.55. The van der Waals surface area contributed by atoms with Crippen molar-refractivity contribution in [1.82, 2.24) is 10.2 Å². The fraction of sp³-hybridized carbons (Fsp3) is 0.250. The molecule has 2 heterocycles. The zero-order valence-corrected chi connectivity index (χ0v) is 19.5. The number of anilines is 1. The van der Waals surface area contributed by atoms with Crippen LogP contribution in [0, 0.1) is 11.3 Å². The van der Waals surface area contributed by atoms with Crippen LogP contribution in [0.3, 0.4) is 0 Å². The fourth-order valence-corrected chi connectivity index (χ4v) is 4.01. The lowest BCUT2D eigenvalue weighted by Gasteiger charge is -2.11. The van der Waals surface area contributed by atoms with E-state index >= 15 is 0 Å². The molecule has 34 heavy (non-hydrogen) atoms. The topological polar surface area (TPSA) is 116 Å². The second-order valence-electron chi connectivity index (χ2n) is 7.06. The van der Waals surface area contributed by atoms with Gasteiger partial charge in [-0.1, -0.05) is 23.5 Å². The zero-order chi connectivity index (χ0) is 23.9. The van der Waals surface area contributed by atoms with Gasteiger partial charge < -0.3 is 18.9 Å². The number of aromatic nitrogens is 2. The number of nitrogens with one attached hydrogen (secondary N) is 1. The lowest BCUT2D eigenvalue weighted by Crippen LogP contribution is -2.13. The molecule has 10 heteroatoms. The van der Waals surface area contributed by atoms with Gasteiger partial charge in [0.25, 0.3) is 5.91 Å². The summed E-state index contributed by atoms with van der Waals surface area (Å²) >= 11 is 1.24. The van der Waals surface area contributed by atoms with Crippen molar-refractivity contribution in [3.63, 3.8) is 0 Å². The van der Waals surface area contributed by atoms with E-state index in [1.165, 1.54) is 17.4 Å². The largest absolute Gasteiger partial charge is 0.490 e. The lowest BCUT2D eigenvalue weighted by molar-refractivity contribution is -0.112. The van der Waals surface area contributed by atoms with Crippen molar-refractivity contribution in [2.45, 2.75) is 20.3 Å². The van der Waals surface area contributed by atoms with Crippen LogP contribution in [-0.4, -0.2) is 36.1 Å². The smallest absolute Gasteiger partial charge is 0.268 e. The van der Waals surface area contributed by atoms with Crippen LogP contribution in [-0.2, 0) is 11.2 Å².